The number of nitriles is 1. The molecule has 0 unspecified atom stereocenters. The second kappa shape index (κ2) is 8.21. The first-order valence-corrected chi connectivity index (χ1v) is 8.76. The third kappa shape index (κ3) is 3.98. The molecule has 1 aliphatic rings. The molecule has 2 aromatic rings. The Morgan fingerprint density at radius 3 is 2.69 bits per heavy atom. The van der Waals surface area contributed by atoms with E-state index in [-0.39, 0.29) is 11.3 Å². The number of fused-ring (bicyclic) bond motifs is 1. The van der Waals surface area contributed by atoms with Gasteiger partial charge in [-0.1, -0.05) is 0 Å². The SMILES string of the molecule is COc1cc2c(O)c(C#N)cnc2cc1OCCCN1CCN(C)CC1. The Bertz CT molecular complexity index is 811. The van der Waals surface area contributed by atoms with Crippen LogP contribution in [0.3, 0.4) is 0 Å². The van der Waals surface area contributed by atoms with Gasteiger partial charge in [0.05, 0.1) is 19.2 Å². The molecule has 1 N–H and O–H groups in total. The summed E-state index contributed by atoms with van der Waals surface area (Å²) in [5, 5.41) is 19.7. The zero-order valence-electron chi connectivity index (χ0n) is 15.2. The number of ether oxygens (including phenoxy) is 2. The molecule has 1 aromatic heterocycles. The number of aromatic nitrogens is 1. The Morgan fingerprint density at radius 1 is 1.23 bits per heavy atom. The summed E-state index contributed by atoms with van der Waals surface area (Å²) in [7, 11) is 3.70. The predicted molar refractivity (Wildman–Crippen MR) is 98.7 cm³/mol. The molecule has 2 heterocycles. The van der Waals surface area contributed by atoms with Crippen molar-refractivity contribution < 1.29 is 14.6 Å². The number of aromatic hydroxyl groups is 1. The average molecular weight is 356 g/mol. The maximum absolute atomic E-state index is 10.2. The van der Waals surface area contributed by atoms with Gasteiger partial charge in [-0.3, -0.25) is 4.98 Å². The largest absolute Gasteiger partial charge is 0.506 e. The Morgan fingerprint density at radius 2 is 2.00 bits per heavy atom. The van der Waals surface area contributed by atoms with Gasteiger partial charge in [-0.25, -0.2) is 0 Å². The van der Waals surface area contributed by atoms with Gasteiger partial charge in [0.15, 0.2) is 11.5 Å². The highest BCUT2D eigenvalue weighted by Gasteiger charge is 2.15. The van der Waals surface area contributed by atoms with Gasteiger partial charge < -0.3 is 24.4 Å². The van der Waals surface area contributed by atoms with Crippen LogP contribution in [0, 0.1) is 11.3 Å². The van der Waals surface area contributed by atoms with Crippen molar-refractivity contribution in [2.75, 3.05) is 53.5 Å². The summed E-state index contributed by atoms with van der Waals surface area (Å²) in [5.74, 6) is 1.02. The number of nitrogens with zero attached hydrogens (tertiary/aromatic N) is 4. The molecule has 1 fully saturated rings. The smallest absolute Gasteiger partial charge is 0.163 e. The highest BCUT2D eigenvalue weighted by Crippen LogP contribution is 2.36. The summed E-state index contributed by atoms with van der Waals surface area (Å²) in [6.45, 7) is 6.00. The molecule has 0 aliphatic carbocycles. The molecule has 1 aromatic carbocycles. The standard InChI is InChI=1S/C19H24N4O3/c1-22-5-7-23(8-6-22)4-3-9-26-18-11-16-15(10-17(18)25-2)19(24)14(12-20)13-21-16/h10-11,13H,3-9H2,1-2H3,(H,21,24). The molecule has 7 heteroatoms. The summed E-state index contributed by atoms with van der Waals surface area (Å²) in [4.78, 5) is 9.02. The lowest BCUT2D eigenvalue weighted by Gasteiger charge is -2.32. The van der Waals surface area contributed by atoms with Crippen LogP contribution in [0.25, 0.3) is 10.9 Å². The van der Waals surface area contributed by atoms with Crippen molar-refractivity contribution in [2.24, 2.45) is 0 Å². The second-order valence-electron chi connectivity index (χ2n) is 6.50. The molecule has 0 spiro atoms. The van der Waals surface area contributed by atoms with Gasteiger partial charge in [0.2, 0.25) is 0 Å². The maximum Gasteiger partial charge on any atom is 0.163 e. The fourth-order valence-electron chi connectivity index (χ4n) is 3.08. The van der Waals surface area contributed by atoms with Crippen molar-refractivity contribution in [1.29, 1.82) is 5.26 Å². The average Bonchev–Trinajstić information content (AvgIpc) is 2.66. The van der Waals surface area contributed by atoms with Crippen LogP contribution in [0.1, 0.15) is 12.0 Å². The maximum atomic E-state index is 10.2. The number of benzene rings is 1. The molecule has 0 bridgehead atoms. The number of likely N-dealkylation sites (N-methyl/N-ethyl adjacent to an activating group) is 1. The van der Waals surface area contributed by atoms with Crippen LogP contribution in [0.2, 0.25) is 0 Å². The molecule has 7 nitrogen and oxygen atoms in total. The van der Waals surface area contributed by atoms with Crippen LogP contribution in [-0.2, 0) is 0 Å². The molecular formula is C19H24N4O3. The van der Waals surface area contributed by atoms with Gasteiger partial charge in [-0.05, 0) is 19.5 Å². The van der Waals surface area contributed by atoms with Crippen LogP contribution in [0.15, 0.2) is 18.3 Å². The molecule has 0 amide bonds. The molecule has 1 aliphatic heterocycles. The van der Waals surface area contributed by atoms with Gasteiger partial charge >= 0.3 is 0 Å². The van der Waals surface area contributed by atoms with Gasteiger partial charge in [0.1, 0.15) is 17.4 Å². The van der Waals surface area contributed by atoms with Gasteiger partial charge in [0.25, 0.3) is 0 Å². The van der Waals surface area contributed by atoms with E-state index in [2.05, 4.69) is 21.8 Å². The van der Waals surface area contributed by atoms with Crippen molar-refractivity contribution in [3.63, 3.8) is 0 Å². The Labute approximate surface area is 153 Å². The van der Waals surface area contributed by atoms with E-state index >= 15 is 0 Å². The quantitative estimate of drug-likeness (QED) is 0.791. The summed E-state index contributed by atoms with van der Waals surface area (Å²) < 4.78 is 11.3. The number of rotatable bonds is 6. The Hall–Kier alpha value is -2.56. The normalized spacial score (nSPS) is 15.7. The van der Waals surface area contributed by atoms with Crippen LogP contribution >= 0.6 is 0 Å². The van der Waals surface area contributed by atoms with Crippen LogP contribution in [-0.4, -0.2) is 73.4 Å². The number of piperazine rings is 1. The lowest BCUT2D eigenvalue weighted by atomic mass is 10.1. The lowest BCUT2D eigenvalue weighted by molar-refractivity contribution is 0.145. The van der Waals surface area contributed by atoms with Gasteiger partial charge in [-0.2, -0.15) is 5.26 Å². The molecular weight excluding hydrogens is 332 g/mol. The summed E-state index contributed by atoms with van der Waals surface area (Å²) in [6.07, 6.45) is 2.29. The molecule has 138 valence electrons. The first kappa shape index (κ1) is 18.2. The van der Waals surface area contributed by atoms with Crippen LogP contribution < -0.4 is 9.47 Å². The molecule has 0 saturated carbocycles. The van der Waals surface area contributed by atoms with E-state index in [1.54, 1.807) is 19.2 Å². The zero-order chi connectivity index (χ0) is 18.5. The predicted octanol–water partition coefficient (Wildman–Crippen LogP) is 1.84. The van der Waals surface area contributed by atoms with Crippen molar-refractivity contribution in [1.82, 2.24) is 14.8 Å². The molecule has 1 saturated heterocycles. The monoisotopic (exact) mass is 356 g/mol. The number of hydrogen-bond donors (Lipinski definition) is 1. The zero-order valence-corrected chi connectivity index (χ0v) is 15.2. The number of methoxy groups -OCH3 is 1. The minimum absolute atomic E-state index is 0.0857. The molecule has 0 atom stereocenters. The first-order chi connectivity index (χ1) is 12.6. The minimum atomic E-state index is -0.0857. The van der Waals surface area contributed by atoms with E-state index in [9.17, 15) is 5.11 Å². The Kier molecular flexibility index (Phi) is 5.76. The summed E-state index contributed by atoms with van der Waals surface area (Å²) in [5.41, 5.74) is 0.705. The molecule has 3 rings (SSSR count). The number of pyridine rings is 1. The van der Waals surface area contributed by atoms with E-state index in [1.807, 2.05) is 6.07 Å². The highest BCUT2D eigenvalue weighted by atomic mass is 16.5. The third-order valence-corrected chi connectivity index (χ3v) is 4.72. The minimum Gasteiger partial charge on any atom is -0.506 e. The molecule has 0 radical (unpaired) electrons. The van der Waals surface area contributed by atoms with Crippen LogP contribution in [0.4, 0.5) is 0 Å². The lowest BCUT2D eigenvalue weighted by Crippen LogP contribution is -2.44. The van der Waals surface area contributed by atoms with Crippen molar-refractivity contribution >= 4 is 10.9 Å². The fourth-order valence-corrected chi connectivity index (χ4v) is 3.08. The van der Waals surface area contributed by atoms with E-state index in [4.69, 9.17) is 14.7 Å². The van der Waals surface area contributed by atoms with Crippen molar-refractivity contribution in [3.05, 3.63) is 23.9 Å². The van der Waals surface area contributed by atoms with Gasteiger partial charge in [0, 0.05) is 50.4 Å². The molecule has 26 heavy (non-hydrogen) atoms. The fraction of sp³-hybridized carbons (Fsp3) is 0.474. The van der Waals surface area contributed by atoms with Crippen molar-refractivity contribution in [3.8, 4) is 23.3 Å². The van der Waals surface area contributed by atoms with Gasteiger partial charge in [-0.15, -0.1) is 0 Å². The first-order valence-electron chi connectivity index (χ1n) is 8.76. The highest BCUT2D eigenvalue weighted by molar-refractivity contribution is 5.89. The van der Waals surface area contributed by atoms with E-state index in [0.717, 1.165) is 39.1 Å². The summed E-state index contributed by atoms with van der Waals surface area (Å²) >= 11 is 0. The van der Waals surface area contributed by atoms with E-state index < -0.39 is 0 Å². The third-order valence-electron chi connectivity index (χ3n) is 4.72. The Balaban J connectivity index is 1.65. The topological polar surface area (TPSA) is 81.8 Å². The van der Waals surface area contributed by atoms with Crippen molar-refractivity contribution in [2.45, 2.75) is 6.42 Å². The van der Waals surface area contributed by atoms with E-state index in [0.29, 0.717) is 29.0 Å². The van der Waals surface area contributed by atoms with Crippen LogP contribution in [0.5, 0.6) is 17.2 Å². The summed E-state index contributed by atoms with van der Waals surface area (Å²) in [6, 6.07) is 5.33. The number of hydrogen-bond acceptors (Lipinski definition) is 7. The van der Waals surface area contributed by atoms with E-state index in [1.165, 1.54) is 6.20 Å². The second-order valence-corrected chi connectivity index (χ2v) is 6.50.